The van der Waals surface area contributed by atoms with E-state index in [1.165, 1.54) is 17.0 Å². The molecule has 0 saturated carbocycles. The van der Waals surface area contributed by atoms with Crippen LogP contribution >= 0.6 is 23.2 Å². The van der Waals surface area contributed by atoms with Crippen molar-refractivity contribution in [3.8, 4) is 0 Å². The minimum absolute atomic E-state index is 0.00220. The molecule has 0 aliphatic carbocycles. The maximum absolute atomic E-state index is 13.5. The normalized spacial score (nSPS) is 15.0. The summed E-state index contributed by atoms with van der Waals surface area (Å²) < 4.78 is 27.8. The molecule has 172 valence electrons. The predicted octanol–water partition coefficient (Wildman–Crippen LogP) is 6.37. The van der Waals surface area contributed by atoms with E-state index in [1.54, 1.807) is 0 Å². The summed E-state index contributed by atoms with van der Waals surface area (Å²) in [6.07, 6.45) is 1.15. The van der Waals surface area contributed by atoms with E-state index in [4.69, 9.17) is 23.2 Å². The molecule has 0 saturated heterocycles. The van der Waals surface area contributed by atoms with Gasteiger partial charge in [0.25, 0.3) is 10.0 Å². The Bertz CT molecular complexity index is 1290. The zero-order valence-corrected chi connectivity index (χ0v) is 20.7. The number of nitrogens with zero attached hydrogens (tertiary/aromatic N) is 2. The molecule has 0 N–H and O–H groups in total. The molecule has 0 aromatic heterocycles. The zero-order chi connectivity index (χ0) is 23.8. The summed E-state index contributed by atoms with van der Waals surface area (Å²) in [6.45, 7) is 4.31. The van der Waals surface area contributed by atoms with Gasteiger partial charge in [-0.1, -0.05) is 82.9 Å². The number of urea groups is 1. The Morgan fingerprint density at radius 3 is 2.21 bits per heavy atom. The number of benzene rings is 3. The van der Waals surface area contributed by atoms with Crippen molar-refractivity contribution < 1.29 is 13.2 Å². The number of sulfonamides is 1. The average Bonchev–Trinajstić information content (AvgIpc) is 2.73. The fraction of sp³-hybridized carbons (Fsp3) is 0.240. The lowest BCUT2D eigenvalue weighted by Gasteiger charge is -2.37. The largest absolute Gasteiger partial charge is 0.338 e. The van der Waals surface area contributed by atoms with E-state index < -0.39 is 16.1 Å². The fourth-order valence-corrected chi connectivity index (χ4v) is 6.64. The van der Waals surface area contributed by atoms with E-state index in [0.717, 1.165) is 26.6 Å². The van der Waals surface area contributed by atoms with Crippen LogP contribution in [0.15, 0.2) is 65.6 Å². The Morgan fingerprint density at radius 2 is 1.55 bits per heavy atom. The summed E-state index contributed by atoms with van der Waals surface area (Å²) in [5, 5.41) is 0.269. The Morgan fingerprint density at radius 1 is 0.879 bits per heavy atom. The lowest BCUT2D eigenvalue weighted by Crippen LogP contribution is -2.50. The molecule has 0 fully saturated rings. The number of carbonyl (C=O) groups is 1. The van der Waals surface area contributed by atoms with E-state index in [2.05, 4.69) is 18.2 Å². The van der Waals surface area contributed by atoms with Crippen LogP contribution in [0.3, 0.4) is 0 Å². The van der Waals surface area contributed by atoms with Crippen LogP contribution in [0.5, 0.6) is 0 Å². The van der Waals surface area contributed by atoms with Crippen LogP contribution in [0.25, 0.3) is 0 Å². The van der Waals surface area contributed by atoms with Crippen molar-refractivity contribution >= 4 is 44.9 Å². The van der Waals surface area contributed by atoms with Gasteiger partial charge in [0.05, 0.1) is 17.3 Å². The smallest absolute Gasteiger partial charge is 0.288 e. The molecule has 3 aromatic carbocycles. The molecule has 2 amide bonds. The molecule has 0 unspecified atom stereocenters. The highest BCUT2D eigenvalue weighted by Gasteiger charge is 2.43. The highest BCUT2D eigenvalue weighted by molar-refractivity contribution is 7.90. The topological polar surface area (TPSA) is 57.7 Å². The molecule has 8 heteroatoms. The molecule has 0 atom stereocenters. The van der Waals surface area contributed by atoms with Crippen LogP contribution in [-0.4, -0.2) is 25.3 Å². The Balaban J connectivity index is 1.67. The van der Waals surface area contributed by atoms with Crippen LogP contribution < -0.4 is 4.90 Å². The molecule has 1 heterocycles. The van der Waals surface area contributed by atoms with Crippen molar-refractivity contribution in [2.45, 2.75) is 38.1 Å². The Labute approximate surface area is 204 Å². The fourth-order valence-electron chi connectivity index (χ4n) is 4.23. The minimum Gasteiger partial charge on any atom is -0.288 e. The average molecular weight is 503 g/mol. The lowest BCUT2D eigenvalue weighted by molar-refractivity contribution is 0.227. The maximum atomic E-state index is 13.5. The van der Waals surface area contributed by atoms with Gasteiger partial charge in [0, 0.05) is 11.6 Å². The van der Waals surface area contributed by atoms with Crippen molar-refractivity contribution in [3.05, 3.63) is 93.0 Å². The van der Waals surface area contributed by atoms with Crippen molar-refractivity contribution in [1.82, 2.24) is 4.31 Å². The number of hydrogen-bond donors (Lipinski definition) is 0. The zero-order valence-electron chi connectivity index (χ0n) is 18.4. The Hall–Kier alpha value is -2.54. The van der Waals surface area contributed by atoms with Crippen LogP contribution in [0.1, 0.15) is 28.7 Å². The molecule has 3 aromatic rings. The standard InChI is InChI=1S/C25H24Cl2N2O3S/c1-17-11-18(2)13-20(12-17)9-6-10-29-25(30)28(16-19-7-4-3-5-8-19)23-15-21(26)14-22(27)24(23)33(29,31)32/h3-5,7-8,11-15H,6,9-10,16H2,1-2H3. The molecular weight excluding hydrogens is 479 g/mol. The number of carbonyl (C=O) groups excluding carboxylic acids is 1. The number of hydrogen-bond acceptors (Lipinski definition) is 3. The highest BCUT2D eigenvalue weighted by atomic mass is 35.5. The van der Waals surface area contributed by atoms with E-state index in [0.29, 0.717) is 12.8 Å². The number of fused-ring (bicyclic) bond motifs is 1. The molecule has 0 bridgehead atoms. The third kappa shape index (κ3) is 4.88. The summed E-state index contributed by atoms with van der Waals surface area (Å²) in [7, 11) is -4.12. The number of halogens is 2. The van der Waals surface area contributed by atoms with Gasteiger partial charge in [-0.25, -0.2) is 17.5 Å². The second-order valence-electron chi connectivity index (χ2n) is 8.27. The second-order valence-corrected chi connectivity index (χ2v) is 10.9. The van der Waals surface area contributed by atoms with Gasteiger partial charge in [-0.15, -0.1) is 0 Å². The van der Waals surface area contributed by atoms with Crippen molar-refractivity contribution in [2.75, 3.05) is 11.4 Å². The van der Waals surface area contributed by atoms with Gasteiger partial charge < -0.3 is 0 Å². The van der Waals surface area contributed by atoms with E-state index >= 15 is 0 Å². The summed E-state index contributed by atoms with van der Waals surface area (Å²) >= 11 is 12.5. The van der Waals surface area contributed by atoms with Gasteiger partial charge in [0.15, 0.2) is 0 Å². The van der Waals surface area contributed by atoms with Crippen molar-refractivity contribution in [2.24, 2.45) is 0 Å². The summed E-state index contributed by atoms with van der Waals surface area (Å²) in [5.41, 5.74) is 4.48. The molecule has 4 rings (SSSR count). The summed E-state index contributed by atoms with van der Waals surface area (Å²) in [6, 6.07) is 17.9. The first kappa shape index (κ1) is 23.6. The van der Waals surface area contributed by atoms with Gasteiger partial charge in [0.2, 0.25) is 0 Å². The number of anilines is 1. The van der Waals surface area contributed by atoms with E-state index in [1.807, 2.05) is 44.2 Å². The Kier molecular flexibility index (Phi) is 6.71. The molecule has 5 nitrogen and oxygen atoms in total. The lowest BCUT2D eigenvalue weighted by atomic mass is 10.0. The molecule has 33 heavy (non-hydrogen) atoms. The van der Waals surface area contributed by atoms with E-state index in [9.17, 15) is 13.2 Å². The predicted molar refractivity (Wildman–Crippen MR) is 133 cm³/mol. The van der Waals surface area contributed by atoms with Crippen LogP contribution in [0.4, 0.5) is 10.5 Å². The van der Waals surface area contributed by atoms with Gasteiger partial charge in [0.1, 0.15) is 4.90 Å². The van der Waals surface area contributed by atoms with Gasteiger partial charge in [-0.3, -0.25) is 4.90 Å². The van der Waals surface area contributed by atoms with E-state index in [-0.39, 0.29) is 33.7 Å². The van der Waals surface area contributed by atoms with Gasteiger partial charge in [-0.05, 0) is 49.9 Å². The second kappa shape index (κ2) is 9.37. The summed E-state index contributed by atoms with van der Waals surface area (Å²) in [5.74, 6) is 0. The molecule has 0 radical (unpaired) electrons. The molecule has 1 aliphatic rings. The number of rotatable bonds is 6. The minimum atomic E-state index is -4.12. The third-order valence-corrected chi connectivity index (χ3v) is 8.06. The first-order valence-corrected chi connectivity index (χ1v) is 12.8. The molecule has 1 aliphatic heterocycles. The van der Waals surface area contributed by atoms with Crippen LogP contribution in [-0.2, 0) is 23.0 Å². The first-order chi connectivity index (χ1) is 15.7. The maximum Gasteiger partial charge on any atom is 0.338 e. The molecular formula is C25H24Cl2N2O3S. The van der Waals surface area contributed by atoms with Crippen molar-refractivity contribution in [1.29, 1.82) is 0 Å². The highest BCUT2D eigenvalue weighted by Crippen LogP contribution is 2.41. The number of aryl methyl sites for hydroxylation is 3. The van der Waals surface area contributed by atoms with Crippen LogP contribution in [0, 0.1) is 13.8 Å². The van der Waals surface area contributed by atoms with Gasteiger partial charge >= 0.3 is 6.03 Å². The SMILES string of the molecule is Cc1cc(C)cc(CCCN2C(=O)N(Cc3ccccc3)c3cc(Cl)cc(Cl)c3S2(=O)=O)c1. The quantitative estimate of drug-likeness (QED) is 0.393. The summed E-state index contributed by atoms with van der Waals surface area (Å²) in [4.78, 5) is 14.8. The first-order valence-electron chi connectivity index (χ1n) is 10.6. The monoisotopic (exact) mass is 502 g/mol. The van der Waals surface area contributed by atoms with Crippen LogP contribution in [0.2, 0.25) is 10.0 Å². The van der Waals surface area contributed by atoms with Gasteiger partial charge in [-0.2, -0.15) is 0 Å². The number of amides is 2. The third-order valence-electron chi connectivity index (χ3n) is 5.56. The van der Waals surface area contributed by atoms with Crippen molar-refractivity contribution in [3.63, 3.8) is 0 Å². The molecule has 0 spiro atoms.